The fraction of sp³-hybridized carbons (Fsp3) is 0.895. The van der Waals surface area contributed by atoms with Gasteiger partial charge in [-0.3, -0.25) is 25.2 Å². The van der Waals surface area contributed by atoms with Gasteiger partial charge in [-0.25, -0.2) is 4.79 Å². The van der Waals surface area contributed by atoms with Crippen molar-refractivity contribution in [1.29, 1.82) is 5.41 Å². The van der Waals surface area contributed by atoms with Gasteiger partial charge >= 0.3 is 6.09 Å². The molecule has 10 nitrogen and oxygen atoms in total. The quantitative estimate of drug-likeness (QED) is 0.176. The summed E-state index contributed by atoms with van der Waals surface area (Å²) in [7, 11) is 0. The summed E-state index contributed by atoms with van der Waals surface area (Å²) in [4.78, 5) is 42.1. The van der Waals surface area contributed by atoms with Gasteiger partial charge in [-0.2, -0.15) is 0 Å². The highest BCUT2D eigenvalue weighted by Gasteiger charge is 2.49. The van der Waals surface area contributed by atoms with E-state index in [-0.39, 0.29) is 53.8 Å². The molecular formula is C38H64N6O4. The van der Waals surface area contributed by atoms with Crippen LogP contribution in [0.2, 0.25) is 0 Å². The molecule has 4 aliphatic carbocycles. The molecule has 0 bridgehead atoms. The Kier molecular flexibility index (Phi) is 11.7. The highest BCUT2D eigenvalue weighted by Crippen LogP contribution is 2.47. The normalized spacial score (nSPS) is 37.4. The van der Waals surface area contributed by atoms with Crippen molar-refractivity contribution in [3.8, 4) is 0 Å². The number of alkyl carbamates (subject to hydrolysis) is 1. The molecule has 2 heterocycles. The highest BCUT2D eigenvalue weighted by atomic mass is 16.6. The lowest BCUT2D eigenvalue weighted by Crippen LogP contribution is -2.54. The van der Waals surface area contributed by atoms with E-state index < -0.39 is 11.7 Å². The van der Waals surface area contributed by atoms with E-state index in [1.165, 1.54) is 44.9 Å². The van der Waals surface area contributed by atoms with E-state index in [1.54, 1.807) is 0 Å². The van der Waals surface area contributed by atoms with Crippen LogP contribution in [-0.2, 0) is 14.3 Å². The number of likely N-dealkylation sites (tertiary alicyclic amines) is 1. The van der Waals surface area contributed by atoms with Crippen molar-refractivity contribution >= 4 is 23.7 Å². The third-order valence-electron chi connectivity index (χ3n) is 12.9. The molecule has 0 aromatic carbocycles. The Hall–Kier alpha value is -2.20. The van der Waals surface area contributed by atoms with Crippen molar-refractivity contribution in [3.63, 3.8) is 0 Å². The molecule has 0 aromatic heterocycles. The van der Waals surface area contributed by atoms with Gasteiger partial charge < -0.3 is 20.7 Å². The van der Waals surface area contributed by atoms with Gasteiger partial charge in [0, 0.05) is 30.6 Å². The first kappa shape index (κ1) is 35.6. The predicted molar refractivity (Wildman–Crippen MR) is 188 cm³/mol. The van der Waals surface area contributed by atoms with Gasteiger partial charge in [0.1, 0.15) is 11.4 Å². The van der Waals surface area contributed by atoms with Crippen LogP contribution < -0.4 is 21.3 Å². The lowest BCUT2D eigenvalue weighted by Gasteiger charge is -2.45. The summed E-state index contributed by atoms with van der Waals surface area (Å²) in [6.07, 6.45) is 19.1. The van der Waals surface area contributed by atoms with Gasteiger partial charge in [-0.05, 0) is 128 Å². The van der Waals surface area contributed by atoms with Crippen LogP contribution in [0.25, 0.3) is 0 Å². The fourth-order valence-electron chi connectivity index (χ4n) is 10.5. The number of amides is 3. The summed E-state index contributed by atoms with van der Waals surface area (Å²) >= 11 is 0. The average Bonchev–Trinajstić information content (AvgIpc) is 3.43. The van der Waals surface area contributed by atoms with E-state index >= 15 is 0 Å². The fourth-order valence-corrected chi connectivity index (χ4v) is 10.5. The minimum Gasteiger partial charge on any atom is -0.444 e. The number of nitrogens with zero attached hydrogens (tertiary/aromatic N) is 1. The number of carbonyl (C=O) groups excluding carboxylic acids is 3. The number of hydrogen-bond donors (Lipinski definition) is 5. The summed E-state index contributed by atoms with van der Waals surface area (Å²) in [6, 6.07) is 0.405. The van der Waals surface area contributed by atoms with Crippen LogP contribution in [0.3, 0.4) is 0 Å². The van der Waals surface area contributed by atoms with Crippen molar-refractivity contribution in [2.75, 3.05) is 13.1 Å². The maximum absolute atomic E-state index is 14.2. The molecule has 5 N–H and O–H groups in total. The largest absolute Gasteiger partial charge is 0.444 e. The number of rotatable bonds is 7. The lowest BCUT2D eigenvalue weighted by atomic mass is 9.65. The Labute approximate surface area is 288 Å². The molecule has 8 atom stereocenters. The van der Waals surface area contributed by atoms with Crippen molar-refractivity contribution in [2.45, 2.75) is 172 Å². The smallest absolute Gasteiger partial charge is 0.413 e. The Bertz CT molecular complexity index is 1140. The number of fused-ring (bicyclic) bond motifs is 2. The van der Waals surface area contributed by atoms with Crippen molar-refractivity contribution in [2.24, 2.45) is 29.6 Å². The number of amidine groups is 1. The number of carbonyl (C=O) groups is 3. The molecule has 8 unspecified atom stereocenters. The molecule has 3 amide bonds. The summed E-state index contributed by atoms with van der Waals surface area (Å²) in [5.74, 6) is 3.23. The molecule has 0 radical (unpaired) electrons. The first-order valence-electron chi connectivity index (χ1n) is 19.7. The molecule has 270 valence electrons. The zero-order chi connectivity index (χ0) is 33.8. The molecule has 0 aromatic rings. The Balaban J connectivity index is 1.08. The summed E-state index contributed by atoms with van der Waals surface area (Å²) in [5, 5.41) is 21.7. The first-order valence-corrected chi connectivity index (χ1v) is 19.7. The van der Waals surface area contributed by atoms with Crippen LogP contribution in [0.15, 0.2) is 0 Å². The molecule has 10 heteroatoms. The number of nitrogens with one attached hydrogen (secondary N) is 5. The summed E-state index contributed by atoms with van der Waals surface area (Å²) in [6.45, 7) is 7.42. The van der Waals surface area contributed by atoms with Crippen LogP contribution in [0.5, 0.6) is 0 Å². The van der Waals surface area contributed by atoms with Crippen LogP contribution in [-0.4, -0.2) is 77.5 Å². The standard InChI is InChI=1S/C38H64N6O4/c1-38(2,3)48-37(47)43-34(39)26-15-14-25-21-33(44(32(25)22-26)23-27-11-8-10-24-9-4-5-12-30(24)27)36(46)42-29-18-16-28(17-19-29)41-35(45)31-13-6-7-20-40-31/h24-33,40H,4-23H2,1-3H3,(H,41,45)(H,42,46)(H2,39,43,47). The first-order chi connectivity index (χ1) is 23.0. The van der Waals surface area contributed by atoms with Crippen LogP contribution in [0, 0.1) is 35.0 Å². The number of hydrogen-bond acceptors (Lipinski definition) is 7. The summed E-state index contributed by atoms with van der Waals surface area (Å²) in [5.41, 5.74) is -0.610. The average molecular weight is 669 g/mol. The second-order valence-corrected chi connectivity index (χ2v) is 17.3. The van der Waals surface area contributed by atoms with Gasteiger partial charge in [0.25, 0.3) is 0 Å². The van der Waals surface area contributed by atoms with Gasteiger partial charge in [0.15, 0.2) is 0 Å². The predicted octanol–water partition coefficient (Wildman–Crippen LogP) is 5.64. The van der Waals surface area contributed by atoms with Crippen molar-refractivity contribution < 1.29 is 19.1 Å². The van der Waals surface area contributed by atoms with Crippen LogP contribution >= 0.6 is 0 Å². The molecule has 6 aliphatic rings. The summed E-state index contributed by atoms with van der Waals surface area (Å²) < 4.78 is 5.45. The number of piperidine rings is 1. The van der Waals surface area contributed by atoms with Gasteiger partial charge in [0.05, 0.1) is 12.1 Å². The molecule has 2 saturated heterocycles. The van der Waals surface area contributed by atoms with Crippen molar-refractivity contribution in [1.82, 2.24) is 26.2 Å². The highest BCUT2D eigenvalue weighted by molar-refractivity contribution is 5.95. The van der Waals surface area contributed by atoms with Gasteiger partial charge in [-0.1, -0.05) is 38.5 Å². The van der Waals surface area contributed by atoms with E-state index in [0.29, 0.717) is 11.8 Å². The second-order valence-electron chi connectivity index (χ2n) is 17.3. The SMILES string of the molecule is CC(C)(C)OC(=O)NC(=N)C1CCC2CC(C(=O)NC3CCC(NC(=O)C4CCCCN4)CC3)N(CC3CCCC4CCCCC43)C2C1. The molecule has 48 heavy (non-hydrogen) atoms. The van der Waals surface area contributed by atoms with Gasteiger partial charge in [0.2, 0.25) is 11.8 Å². The number of ether oxygens (including phenoxy) is 1. The monoisotopic (exact) mass is 668 g/mol. The second kappa shape index (κ2) is 15.8. The van der Waals surface area contributed by atoms with E-state index in [4.69, 9.17) is 10.1 Å². The molecular weight excluding hydrogens is 604 g/mol. The van der Waals surface area contributed by atoms with Gasteiger partial charge in [-0.15, -0.1) is 0 Å². The van der Waals surface area contributed by atoms with Crippen LogP contribution in [0.4, 0.5) is 4.79 Å². The Morgan fingerprint density at radius 2 is 1.46 bits per heavy atom. The minimum absolute atomic E-state index is 0.0360. The Morgan fingerprint density at radius 1 is 0.771 bits per heavy atom. The zero-order valence-corrected chi connectivity index (χ0v) is 30.0. The molecule has 0 spiro atoms. The van der Waals surface area contributed by atoms with E-state index in [2.05, 4.69) is 26.2 Å². The third kappa shape index (κ3) is 8.93. The minimum atomic E-state index is -0.610. The van der Waals surface area contributed by atoms with E-state index in [1.807, 2.05) is 20.8 Å². The zero-order valence-electron chi connectivity index (χ0n) is 30.0. The molecule has 2 aliphatic heterocycles. The Morgan fingerprint density at radius 3 is 2.17 bits per heavy atom. The van der Waals surface area contributed by atoms with Crippen LogP contribution in [0.1, 0.15) is 136 Å². The molecule has 6 fully saturated rings. The topological polar surface area (TPSA) is 136 Å². The van der Waals surface area contributed by atoms with E-state index in [0.717, 1.165) is 95.6 Å². The lowest BCUT2D eigenvalue weighted by molar-refractivity contribution is -0.128. The van der Waals surface area contributed by atoms with E-state index in [9.17, 15) is 14.4 Å². The third-order valence-corrected chi connectivity index (χ3v) is 12.9. The van der Waals surface area contributed by atoms with Crippen molar-refractivity contribution in [3.05, 3.63) is 0 Å². The maximum Gasteiger partial charge on any atom is 0.413 e. The molecule has 4 saturated carbocycles. The maximum atomic E-state index is 14.2. The molecule has 6 rings (SSSR count).